The van der Waals surface area contributed by atoms with Gasteiger partial charge in [0.15, 0.2) is 5.78 Å². The summed E-state index contributed by atoms with van der Waals surface area (Å²) < 4.78 is 37.4. The Bertz CT molecular complexity index is 646. The van der Waals surface area contributed by atoms with Gasteiger partial charge in [0.25, 0.3) is 0 Å². The van der Waals surface area contributed by atoms with Crippen molar-refractivity contribution in [3.05, 3.63) is 58.9 Å². The van der Waals surface area contributed by atoms with Crippen molar-refractivity contribution >= 4 is 29.1 Å². The number of thioether (sulfide) groups is 1. The molecule has 1 aromatic carbocycles. The molecule has 0 radical (unpaired) electrons. The number of benzene rings is 1. The standard InChI is InChI=1S/C14H9ClF3NOS/c15-13-10(6-7-12(19-13)14(16,17)18)11(20)8-21-9-4-2-1-3-5-9/h1-7H,8H2. The number of alkyl halides is 3. The smallest absolute Gasteiger partial charge is 0.293 e. The number of nitrogens with zero attached hydrogens (tertiary/aromatic N) is 1. The number of aromatic nitrogens is 1. The van der Waals surface area contributed by atoms with Crippen LogP contribution in [0, 0.1) is 0 Å². The zero-order valence-corrected chi connectivity index (χ0v) is 12.1. The van der Waals surface area contributed by atoms with Crippen LogP contribution >= 0.6 is 23.4 Å². The second kappa shape index (κ2) is 6.49. The number of carbonyl (C=O) groups excluding carboxylic acids is 1. The highest BCUT2D eigenvalue weighted by Gasteiger charge is 2.33. The van der Waals surface area contributed by atoms with E-state index in [4.69, 9.17) is 11.6 Å². The second-order valence-corrected chi connectivity index (χ2v) is 5.46. The molecule has 0 spiro atoms. The Morgan fingerprint density at radius 1 is 1.14 bits per heavy atom. The van der Waals surface area contributed by atoms with Crippen molar-refractivity contribution in [2.24, 2.45) is 0 Å². The van der Waals surface area contributed by atoms with Crippen molar-refractivity contribution in [2.45, 2.75) is 11.1 Å². The summed E-state index contributed by atoms with van der Waals surface area (Å²) in [6, 6.07) is 11.0. The number of rotatable bonds is 4. The Balaban J connectivity index is 2.09. The fraction of sp³-hybridized carbons (Fsp3) is 0.143. The maximum Gasteiger partial charge on any atom is 0.433 e. The highest BCUT2D eigenvalue weighted by molar-refractivity contribution is 8.00. The summed E-state index contributed by atoms with van der Waals surface area (Å²) in [5.74, 6) is -0.286. The summed E-state index contributed by atoms with van der Waals surface area (Å²) in [5, 5.41) is -0.427. The second-order valence-electron chi connectivity index (χ2n) is 4.06. The first-order valence-corrected chi connectivity index (χ1v) is 7.19. The Morgan fingerprint density at radius 2 is 1.81 bits per heavy atom. The molecule has 0 unspecified atom stereocenters. The van der Waals surface area contributed by atoms with Gasteiger partial charge in [0, 0.05) is 4.90 Å². The van der Waals surface area contributed by atoms with E-state index < -0.39 is 17.0 Å². The highest BCUT2D eigenvalue weighted by Crippen LogP contribution is 2.30. The van der Waals surface area contributed by atoms with E-state index >= 15 is 0 Å². The van der Waals surface area contributed by atoms with E-state index in [0.29, 0.717) is 0 Å². The normalized spacial score (nSPS) is 11.4. The molecule has 21 heavy (non-hydrogen) atoms. The summed E-state index contributed by atoms with van der Waals surface area (Å²) in [4.78, 5) is 16.1. The van der Waals surface area contributed by atoms with E-state index in [1.165, 1.54) is 11.8 Å². The summed E-state index contributed by atoms with van der Waals surface area (Å²) >= 11 is 6.95. The quantitative estimate of drug-likeness (QED) is 0.461. The van der Waals surface area contributed by atoms with Crippen LogP contribution in [-0.4, -0.2) is 16.5 Å². The number of Topliss-reactive ketones (excluding diaryl/α,β-unsaturated/α-hetero) is 1. The Hall–Kier alpha value is -1.53. The van der Waals surface area contributed by atoms with Crippen LogP contribution in [-0.2, 0) is 6.18 Å². The van der Waals surface area contributed by atoms with Crippen LogP contribution in [0.1, 0.15) is 16.1 Å². The van der Waals surface area contributed by atoms with Crippen LogP contribution in [0.2, 0.25) is 5.15 Å². The van der Waals surface area contributed by atoms with E-state index in [0.717, 1.165) is 17.0 Å². The van der Waals surface area contributed by atoms with Gasteiger partial charge in [-0.15, -0.1) is 11.8 Å². The van der Waals surface area contributed by atoms with Gasteiger partial charge in [-0.2, -0.15) is 13.2 Å². The number of hydrogen-bond donors (Lipinski definition) is 0. The minimum absolute atomic E-state index is 0.00639. The predicted molar refractivity (Wildman–Crippen MR) is 75.7 cm³/mol. The van der Waals surface area contributed by atoms with Crippen LogP contribution in [0.3, 0.4) is 0 Å². The molecule has 0 amide bonds. The van der Waals surface area contributed by atoms with Crippen molar-refractivity contribution in [1.82, 2.24) is 4.98 Å². The largest absolute Gasteiger partial charge is 0.433 e. The molecule has 0 aliphatic rings. The first-order chi connectivity index (χ1) is 9.88. The Labute approximate surface area is 128 Å². The molecule has 0 aliphatic heterocycles. The summed E-state index contributed by atoms with van der Waals surface area (Å²) in [7, 11) is 0. The zero-order valence-electron chi connectivity index (χ0n) is 10.5. The van der Waals surface area contributed by atoms with Crippen LogP contribution < -0.4 is 0 Å². The molecule has 110 valence electrons. The van der Waals surface area contributed by atoms with Gasteiger partial charge in [0.2, 0.25) is 0 Å². The van der Waals surface area contributed by atoms with E-state index in [2.05, 4.69) is 4.98 Å². The number of ketones is 1. The van der Waals surface area contributed by atoms with Gasteiger partial charge in [0.05, 0.1) is 11.3 Å². The van der Waals surface area contributed by atoms with Gasteiger partial charge in [-0.3, -0.25) is 4.79 Å². The first kappa shape index (κ1) is 15.9. The number of halogens is 4. The lowest BCUT2D eigenvalue weighted by molar-refractivity contribution is -0.141. The van der Waals surface area contributed by atoms with Gasteiger partial charge in [-0.1, -0.05) is 29.8 Å². The minimum Gasteiger partial charge on any atom is -0.293 e. The molecule has 0 atom stereocenters. The SMILES string of the molecule is O=C(CSc1ccccc1)c1ccc(C(F)(F)F)nc1Cl. The summed E-state index contributed by atoms with van der Waals surface area (Å²) in [6.07, 6.45) is -4.58. The lowest BCUT2D eigenvalue weighted by Gasteiger charge is -2.08. The minimum atomic E-state index is -4.58. The van der Waals surface area contributed by atoms with Crippen LogP contribution in [0.4, 0.5) is 13.2 Å². The average Bonchev–Trinajstić information content (AvgIpc) is 2.45. The van der Waals surface area contributed by atoms with Gasteiger partial charge >= 0.3 is 6.18 Å². The molecule has 2 aromatic rings. The van der Waals surface area contributed by atoms with E-state index in [9.17, 15) is 18.0 Å². The average molecular weight is 332 g/mol. The summed E-state index contributed by atoms with van der Waals surface area (Å²) in [6.45, 7) is 0. The highest BCUT2D eigenvalue weighted by atomic mass is 35.5. The predicted octanol–water partition coefficient (Wildman–Crippen LogP) is 4.73. The fourth-order valence-corrected chi connectivity index (χ4v) is 2.61. The molecule has 0 N–H and O–H groups in total. The molecule has 1 aromatic heterocycles. The summed E-state index contributed by atoms with van der Waals surface area (Å²) in [5.41, 5.74) is -1.12. The van der Waals surface area contributed by atoms with Gasteiger partial charge in [0.1, 0.15) is 10.8 Å². The lowest BCUT2D eigenvalue weighted by Crippen LogP contribution is -2.11. The number of carbonyl (C=O) groups is 1. The van der Waals surface area contributed by atoms with Crippen LogP contribution in [0.15, 0.2) is 47.4 Å². The maximum atomic E-state index is 12.5. The molecular weight excluding hydrogens is 323 g/mol. The van der Waals surface area contributed by atoms with Crippen LogP contribution in [0.25, 0.3) is 0 Å². The maximum absolute atomic E-state index is 12.5. The molecule has 0 saturated carbocycles. The van der Waals surface area contributed by atoms with Crippen molar-refractivity contribution in [2.75, 3.05) is 5.75 Å². The molecule has 2 rings (SSSR count). The van der Waals surface area contributed by atoms with Crippen molar-refractivity contribution < 1.29 is 18.0 Å². The van der Waals surface area contributed by atoms with Gasteiger partial charge in [-0.05, 0) is 24.3 Å². The van der Waals surface area contributed by atoms with Gasteiger partial charge in [-0.25, -0.2) is 4.98 Å². The zero-order chi connectivity index (χ0) is 15.5. The fourth-order valence-electron chi connectivity index (χ4n) is 1.54. The van der Waals surface area contributed by atoms with Gasteiger partial charge < -0.3 is 0 Å². The third-order valence-electron chi connectivity index (χ3n) is 2.55. The van der Waals surface area contributed by atoms with E-state index in [1.807, 2.05) is 30.3 Å². The number of pyridine rings is 1. The van der Waals surface area contributed by atoms with Crippen molar-refractivity contribution in [3.63, 3.8) is 0 Å². The lowest BCUT2D eigenvalue weighted by atomic mass is 10.2. The molecular formula is C14H9ClF3NOS. The molecule has 7 heteroatoms. The van der Waals surface area contributed by atoms with Crippen molar-refractivity contribution in [1.29, 1.82) is 0 Å². The third kappa shape index (κ3) is 4.22. The molecule has 0 aliphatic carbocycles. The third-order valence-corrected chi connectivity index (χ3v) is 3.85. The van der Waals surface area contributed by atoms with E-state index in [-0.39, 0.29) is 17.1 Å². The Kier molecular flexibility index (Phi) is 4.90. The number of hydrogen-bond acceptors (Lipinski definition) is 3. The van der Waals surface area contributed by atoms with E-state index in [1.54, 1.807) is 0 Å². The van der Waals surface area contributed by atoms with Crippen molar-refractivity contribution in [3.8, 4) is 0 Å². The molecule has 1 heterocycles. The molecule has 0 saturated heterocycles. The monoisotopic (exact) mass is 331 g/mol. The Morgan fingerprint density at radius 3 is 2.38 bits per heavy atom. The first-order valence-electron chi connectivity index (χ1n) is 5.82. The van der Waals surface area contributed by atoms with Crippen LogP contribution in [0.5, 0.6) is 0 Å². The molecule has 0 bridgehead atoms. The topological polar surface area (TPSA) is 30.0 Å². The molecule has 0 fully saturated rings. The molecule has 2 nitrogen and oxygen atoms in total.